The summed E-state index contributed by atoms with van der Waals surface area (Å²) in [5.74, 6) is 1.10. The fourth-order valence-corrected chi connectivity index (χ4v) is 1.54. The standard InChI is InChI=1S/C11H13N5O/c1-12-8(10-14-4-3-5-15-10)9-11(17-2)16-7-6-13-9/h3-8,12H,1-2H3. The quantitative estimate of drug-likeness (QED) is 0.830. The van der Waals surface area contributed by atoms with Crippen molar-refractivity contribution in [1.29, 1.82) is 0 Å². The maximum absolute atomic E-state index is 5.18. The number of aromatic nitrogens is 4. The predicted octanol–water partition coefficient (Wildman–Crippen LogP) is 0.584. The molecule has 2 rings (SSSR count). The van der Waals surface area contributed by atoms with Gasteiger partial charge in [-0.15, -0.1) is 0 Å². The van der Waals surface area contributed by atoms with Crippen LogP contribution in [0.3, 0.4) is 0 Å². The summed E-state index contributed by atoms with van der Waals surface area (Å²) in [7, 11) is 3.38. The monoisotopic (exact) mass is 231 g/mol. The van der Waals surface area contributed by atoms with E-state index in [0.717, 1.165) is 0 Å². The topological polar surface area (TPSA) is 72.8 Å². The van der Waals surface area contributed by atoms with Gasteiger partial charge in [0, 0.05) is 24.8 Å². The van der Waals surface area contributed by atoms with Gasteiger partial charge in [-0.2, -0.15) is 0 Å². The van der Waals surface area contributed by atoms with Crippen molar-refractivity contribution in [2.24, 2.45) is 0 Å². The van der Waals surface area contributed by atoms with Crippen LogP contribution >= 0.6 is 0 Å². The summed E-state index contributed by atoms with van der Waals surface area (Å²) in [6.07, 6.45) is 6.58. The summed E-state index contributed by atoms with van der Waals surface area (Å²) in [6.45, 7) is 0. The molecule has 1 atom stereocenters. The second kappa shape index (κ2) is 5.31. The molecule has 0 spiro atoms. The Labute approximate surface area is 99.1 Å². The number of hydrogen-bond acceptors (Lipinski definition) is 6. The Morgan fingerprint density at radius 3 is 2.41 bits per heavy atom. The van der Waals surface area contributed by atoms with Crippen molar-refractivity contribution in [2.45, 2.75) is 6.04 Å². The third-order valence-electron chi connectivity index (χ3n) is 2.29. The Morgan fingerprint density at radius 1 is 1.06 bits per heavy atom. The first kappa shape index (κ1) is 11.4. The molecule has 2 aromatic heterocycles. The van der Waals surface area contributed by atoms with Crippen LogP contribution in [0.1, 0.15) is 17.6 Å². The van der Waals surface area contributed by atoms with E-state index in [1.165, 1.54) is 0 Å². The average molecular weight is 231 g/mol. The molecule has 6 nitrogen and oxygen atoms in total. The van der Waals surface area contributed by atoms with Gasteiger partial charge in [0.1, 0.15) is 11.7 Å². The first-order valence-electron chi connectivity index (χ1n) is 5.16. The minimum absolute atomic E-state index is 0.236. The highest BCUT2D eigenvalue weighted by Crippen LogP contribution is 2.22. The van der Waals surface area contributed by atoms with Gasteiger partial charge >= 0.3 is 0 Å². The average Bonchev–Trinajstić information content (AvgIpc) is 2.41. The molecule has 0 aliphatic carbocycles. The molecule has 0 aromatic carbocycles. The molecule has 0 aliphatic rings. The van der Waals surface area contributed by atoms with Crippen LogP contribution < -0.4 is 10.1 Å². The first-order chi connectivity index (χ1) is 8.36. The highest BCUT2D eigenvalue weighted by atomic mass is 16.5. The van der Waals surface area contributed by atoms with E-state index in [9.17, 15) is 0 Å². The van der Waals surface area contributed by atoms with E-state index in [1.54, 1.807) is 38.0 Å². The fourth-order valence-electron chi connectivity index (χ4n) is 1.54. The number of rotatable bonds is 4. The van der Waals surface area contributed by atoms with E-state index < -0.39 is 0 Å². The Kier molecular flexibility index (Phi) is 3.56. The number of ether oxygens (including phenoxy) is 1. The number of methoxy groups -OCH3 is 1. The lowest BCUT2D eigenvalue weighted by Gasteiger charge is -2.15. The minimum Gasteiger partial charge on any atom is -0.480 e. The van der Waals surface area contributed by atoms with Crippen molar-refractivity contribution >= 4 is 0 Å². The van der Waals surface area contributed by atoms with Gasteiger partial charge in [0.25, 0.3) is 0 Å². The van der Waals surface area contributed by atoms with Crippen molar-refractivity contribution in [3.05, 3.63) is 42.4 Å². The summed E-state index contributed by atoms with van der Waals surface area (Å²) in [6, 6.07) is 1.53. The van der Waals surface area contributed by atoms with E-state index in [4.69, 9.17) is 4.74 Å². The fraction of sp³-hybridized carbons (Fsp3) is 0.273. The van der Waals surface area contributed by atoms with Gasteiger partial charge in [-0.3, -0.25) is 4.98 Å². The smallest absolute Gasteiger partial charge is 0.237 e. The van der Waals surface area contributed by atoms with Gasteiger partial charge in [-0.1, -0.05) is 0 Å². The highest BCUT2D eigenvalue weighted by Gasteiger charge is 2.20. The molecule has 6 heteroatoms. The maximum atomic E-state index is 5.18. The lowest BCUT2D eigenvalue weighted by Crippen LogP contribution is -2.22. The van der Waals surface area contributed by atoms with Crippen molar-refractivity contribution < 1.29 is 4.74 Å². The minimum atomic E-state index is -0.236. The summed E-state index contributed by atoms with van der Waals surface area (Å²) in [5.41, 5.74) is 0.670. The highest BCUT2D eigenvalue weighted by molar-refractivity contribution is 5.26. The largest absolute Gasteiger partial charge is 0.480 e. The van der Waals surface area contributed by atoms with Crippen molar-refractivity contribution in [2.75, 3.05) is 14.2 Å². The van der Waals surface area contributed by atoms with E-state index in [2.05, 4.69) is 25.3 Å². The molecule has 0 saturated heterocycles. The van der Waals surface area contributed by atoms with Crippen LogP contribution in [0.25, 0.3) is 0 Å². The molecule has 0 saturated carbocycles. The molecule has 0 amide bonds. The Hall–Kier alpha value is -2.08. The molecule has 1 N–H and O–H groups in total. The van der Waals surface area contributed by atoms with Crippen molar-refractivity contribution in [3.63, 3.8) is 0 Å². The van der Waals surface area contributed by atoms with Crippen LogP contribution in [0.5, 0.6) is 5.88 Å². The van der Waals surface area contributed by atoms with E-state index >= 15 is 0 Å². The van der Waals surface area contributed by atoms with Crippen molar-refractivity contribution in [1.82, 2.24) is 25.3 Å². The zero-order valence-electron chi connectivity index (χ0n) is 9.66. The van der Waals surface area contributed by atoms with E-state index in [0.29, 0.717) is 17.4 Å². The molecule has 0 fully saturated rings. The predicted molar refractivity (Wildman–Crippen MR) is 61.5 cm³/mol. The number of hydrogen-bond donors (Lipinski definition) is 1. The van der Waals surface area contributed by atoms with Crippen LogP contribution in [0.2, 0.25) is 0 Å². The van der Waals surface area contributed by atoms with Gasteiger partial charge in [-0.25, -0.2) is 15.0 Å². The third-order valence-corrected chi connectivity index (χ3v) is 2.29. The molecule has 1 unspecified atom stereocenters. The Balaban J connectivity index is 2.42. The third kappa shape index (κ3) is 2.36. The number of nitrogens with one attached hydrogen (secondary N) is 1. The van der Waals surface area contributed by atoms with Gasteiger partial charge in [-0.05, 0) is 13.1 Å². The zero-order valence-corrected chi connectivity index (χ0v) is 9.66. The molecular weight excluding hydrogens is 218 g/mol. The van der Waals surface area contributed by atoms with Crippen LogP contribution in [0, 0.1) is 0 Å². The molecule has 2 aromatic rings. The van der Waals surface area contributed by atoms with Crippen LogP contribution in [-0.4, -0.2) is 34.1 Å². The first-order valence-corrected chi connectivity index (χ1v) is 5.16. The lowest BCUT2D eigenvalue weighted by atomic mass is 10.2. The van der Waals surface area contributed by atoms with Gasteiger partial charge in [0.05, 0.1) is 7.11 Å². The molecule has 2 heterocycles. The SMILES string of the molecule is CNC(c1ncccn1)c1nccnc1OC. The van der Waals surface area contributed by atoms with Crippen LogP contribution in [-0.2, 0) is 0 Å². The summed E-state index contributed by atoms with van der Waals surface area (Å²) < 4.78 is 5.18. The van der Waals surface area contributed by atoms with E-state index in [-0.39, 0.29) is 6.04 Å². The second-order valence-corrected chi connectivity index (χ2v) is 3.28. The number of nitrogens with zero attached hydrogens (tertiary/aromatic N) is 4. The molecular formula is C11H13N5O. The second-order valence-electron chi connectivity index (χ2n) is 3.28. The Morgan fingerprint density at radius 2 is 1.76 bits per heavy atom. The normalized spacial score (nSPS) is 12.1. The molecule has 0 bridgehead atoms. The lowest BCUT2D eigenvalue weighted by molar-refractivity contribution is 0.383. The molecule has 0 radical (unpaired) electrons. The maximum Gasteiger partial charge on any atom is 0.237 e. The van der Waals surface area contributed by atoms with Gasteiger partial charge in [0.15, 0.2) is 5.82 Å². The van der Waals surface area contributed by atoms with E-state index in [1.807, 2.05) is 7.05 Å². The molecule has 0 aliphatic heterocycles. The van der Waals surface area contributed by atoms with Crippen LogP contribution in [0.15, 0.2) is 30.9 Å². The van der Waals surface area contributed by atoms with Gasteiger partial charge in [0.2, 0.25) is 5.88 Å². The Bertz CT molecular complexity index is 476. The van der Waals surface area contributed by atoms with Crippen LogP contribution in [0.4, 0.5) is 0 Å². The van der Waals surface area contributed by atoms with Crippen molar-refractivity contribution in [3.8, 4) is 5.88 Å². The summed E-state index contributed by atoms with van der Waals surface area (Å²) >= 11 is 0. The summed E-state index contributed by atoms with van der Waals surface area (Å²) in [4.78, 5) is 16.8. The molecule has 88 valence electrons. The molecule has 17 heavy (non-hydrogen) atoms. The zero-order chi connectivity index (χ0) is 12.1. The van der Waals surface area contributed by atoms with Gasteiger partial charge < -0.3 is 10.1 Å². The summed E-state index contributed by atoms with van der Waals surface area (Å²) in [5, 5.41) is 3.10.